The second-order valence-corrected chi connectivity index (χ2v) is 18.8. The van der Waals surface area contributed by atoms with Crippen molar-refractivity contribution in [3.8, 4) is 0 Å². The van der Waals surface area contributed by atoms with E-state index < -0.39 is 22.8 Å². The van der Waals surface area contributed by atoms with E-state index in [1.165, 1.54) is 5.57 Å². The number of carboxylic acid groups (broad SMARTS) is 1. The van der Waals surface area contributed by atoms with E-state index in [1.807, 2.05) is 0 Å². The van der Waals surface area contributed by atoms with Gasteiger partial charge in [-0.15, -0.1) is 0 Å². The molecule has 4 saturated carbocycles. The lowest BCUT2D eigenvalue weighted by Crippen LogP contribution is -2.64. The van der Waals surface area contributed by atoms with Gasteiger partial charge >= 0.3 is 11.9 Å². The summed E-state index contributed by atoms with van der Waals surface area (Å²) in [5.41, 5.74) is 0.00780. The van der Waals surface area contributed by atoms with Gasteiger partial charge in [0, 0.05) is 23.8 Å². The number of aliphatic carboxylic acids is 1. The molecule has 9 heteroatoms. The number of nitrogens with zero attached hydrogens (tertiary/aromatic N) is 1. The molecule has 0 aliphatic heterocycles. The summed E-state index contributed by atoms with van der Waals surface area (Å²) in [6.45, 7) is 21.1. The Morgan fingerprint density at radius 2 is 1.73 bits per heavy atom. The number of carbonyl (C=O) groups excluding carboxylic acids is 3. The zero-order chi connectivity index (χ0) is 36.1. The van der Waals surface area contributed by atoms with E-state index in [0.29, 0.717) is 29.8 Å². The van der Waals surface area contributed by atoms with Crippen molar-refractivity contribution in [3.05, 3.63) is 23.0 Å². The number of carbonyl (C=O) groups is 4. The van der Waals surface area contributed by atoms with Gasteiger partial charge < -0.3 is 19.7 Å². The van der Waals surface area contributed by atoms with Crippen LogP contribution in [0.5, 0.6) is 0 Å². The molecule has 0 aromatic carbocycles. The Morgan fingerprint density at radius 1 is 1.04 bits per heavy atom. The molecule has 4 fully saturated rings. The zero-order valence-corrected chi connectivity index (χ0v) is 31.4. The fourth-order valence-corrected chi connectivity index (χ4v) is 12.3. The van der Waals surface area contributed by atoms with E-state index in [4.69, 9.17) is 9.26 Å². The number of nitrogens with one attached hydrogen (secondary N) is 1. The highest BCUT2D eigenvalue weighted by Gasteiger charge is 2.70. The molecule has 49 heavy (non-hydrogen) atoms. The van der Waals surface area contributed by atoms with Crippen LogP contribution in [0.1, 0.15) is 132 Å². The van der Waals surface area contributed by atoms with E-state index in [-0.39, 0.29) is 64.1 Å². The molecule has 1 amide bonds. The van der Waals surface area contributed by atoms with Gasteiger partial charge in [-0.2, -0.15) is 0 Å². The van der Waals surface area contributed by atoms with Gasteiger partial charge in [-0.1, -0.05) is 59.2 Å². The monoisotopic (exact) mass is 678 g/mol. The summed E-state index contributed by atoms with van der Waals surface area (Å²) < 4.78 is 11.4. The number of aryl methyl sites for hydroxylation is 1. The number of fused-ring (bicyclic) bond motifs is 6. The molecule has 0 spiro atoms. The van der Waals surface area contributed by atoms with Crippen LogP contribution in [-0.2, 0) is 23.9 Å². The second-order valence-electron chi connectivity index (χ2n) is 18.8. The minimum absolute atomic E-state index is 0.0248. The van der Waals surface area contributed by atoms with Crippen molar-refractivity contribution in [3.63, 3.8) is 0 Å². The number of hydrogen-bond donors (Lipinski definition) is 2. The van der Waals surface area contributed by atoms with Gasteiger partial charge in [0.1, 0.15) is 17.6 Å². The highest BCUT2D eigenvalue weighted by Crippen LogP contribution is 2.76. The van der Waals surface area contributed by atoms with Gasteiger partial charge in [-0.05, 0) is 112 Å². The van der Waals surface area contributed by atoms with Crippen molar-refractivity contribution in [1.29, 1.82) is 0 Å². The van der Waals surface area contributed by atoms with Gasteiger partial charge in [0.25, 0.3) is 0 Å². The van der Waals surface area contributed by atoms with Crippen LogP contribution >= 0.6 is 0 Å². The predicted molar refractivity (Wildman–Crippen MR) is 185 cm³/mol. The molecule has 8 atom stereocenters. The topological polar surface area (TPSA) is 136 Å². The summed E-state index contributed by atoms with van der Waals surface area (Å²) in [6, 6.07) is 1.73. The molecular weight excluding hydrogens is 620 g/mol. The molecule has 0 saturated heterocycles. The first-order valence-corrected chi connectivity index (χ1v) is 18.6. The van der Waals surface area contributed by atoms with Crippen molar-refractivity contribution in [2.45, 2.75) is 140 Å². The molecule has 1 aromatic heterocycles. The van der Waals surface area contributed by atoms with Crippen LogP contribution in [-0.4, -0.2) is 40.0 Å². The molecule has 6 rings (SSSR count). The van der Waals surface area contributed by atoms with Gasteiger partial charge in [-0.3, -0.25) is 19.2 Å². The first-order chi connectivity index (χ1) is 22.6. The standard InChI is InChI=1S/C40H58N2O7/c1-22(2)31-25(43)20-40(33(45)41-29-19-23(3)49-42-29)18-17-38(9)24(32(31)40)11-12-27-37(8)15-14-28(48-30(44)21-35(4,5)34(46)47)36(6,7)26(37)13-16-39(27,38)10/h19,22,26-28,31H,11-18,20-21H2,1-10H3,(H,46,47)(H,41,42,45)/t26?,27?,28-,31?,37-,38+,39+,40+/m0/s1. The summed E-state index contributed by atoms with van der Waals surface area (Å²) in [5, 5.41) is 16.7. The Hall–Kier alpha value is -2.97. The van der Waals surface area contributed by atoms with E-state index in [0.717, 1.165) is 50.5 Å². The van der Waals surface area contributed by atoms with Gasteiger partial charge in [0.2, 0.25) is 5.91 Å². The molecular formula is C40H58N2O7. The molecule has 9 nitrogen and oxygen atoms in total. The number of Topliss-reactive ketones (excluding diaryl/α,β-unsaturated/α-hetero) is 1. The lowest BCUT2D eigenvalue weighted by atomic mass is 9.34. The number of aromatic nitrogens is 1. The molecule has 0 radical (unpaired) electrons. The fourth-order valence-electron chi connectivity index (χ4n) is 12.3. The van der Waals surface area contributed by atoms with E-state index >= 15 is 0 Å². The van der Waals surface area contributed by atoms with Gasteiger partial charge in [0.15, 0.2) is 5.82 Å². The number of ether oxygens (including phenoxy) is 1. The maximum atomic E-state index is 14.3. The highest BCUT2D eigenvalue weighted by molar-refractivity contribution is 6.05. The number of allylic oxidation sites excluding steroid dienone is 1. The summed E-state index contributed by atoms with van der Waals surface area (Å²) >= 11 is 0. The SMILES string of the molecule is Cc1cc(NC(=O)[C@@]23CC[C@]4(C)C(=C2C(C(C)C)C(=O)C3)CCC2[C@@]3(C)CC[C@H](OC(=O)CC(C)(C)C(=O)O)C(C)(C)C3CC[C@]24C)no1. The number of rotatable bonds is 7. The molecule has 5 aliphatic carbocycles. The Kier molecular flexibility index (Phi) is 8.43. The van der Waals surface area contributed by atoms with Crippen LogP contribution in [0.2, 0.25) is 0 Å². The van der Waals surface area contributed by atoms with Crippen LogP contribution in [0.15, 0.2) is 21.7 Å². The van der Waals surface area contributed by atoms with Crippen LogP contribution in [0, 0.1) is 63.1 Å². The second kappa shape index (κ2) is 11.5. The average Bonchev–Trinajstić information content (AvgIpc) is 3.54. The molecule has 2 N–H and O–H groups in total. The average molecular weight is 679 g/mol. The molecule has 5 aliphatic rings. The third-order valence-electron chi connectivity index (χ3n) is 15.0. The van der Waals surface area contributed by atoms with Crippen LogP contribution in [0.3, 0.4) is 0 Å². The smallest absolute Gasteiger partial charge is 0.309 e. The third-order valence-corrected chi connectivity index (χ3v) is 15.0. The van der Waals surface area contributed by atoms with E-state index in [1.54, 1.807) is 26.8 Å². The summed E-state index contributed by atoms with van der Waals surface area (Å²) in [6.07, 6.45) is 6.94. The molecule has 1 aromatic rings. The lowest BCUT2D eigenvalue weighted by molar-refractivity contribution is -0.214. The predicted octanol–water partition coefficient (Wildman–Crippen LogP) is 8.31. The number of esters is 1. The third kappa shape index (κ3) is 5.17. The Balaban J connectivity index is 1.33. The molecule has 3 unspecified atom stereocenters. The number of amides is 1. The number of ketones is 1. The van der Waals surface area contributed by atoms with Crippen molar-refractivity contribution in [2.75, 3.05) is 5.32 Å². The van der Waals surface area contributed by atoms with Crippen LogP contribution in [0.4, 0.5) is 5.82 Å². The van der Waals surface area contributed by atoms with Crippen LogP contribution in [0.25, 0.3) is 0 Å². The zero-order valence-electron chi connectivity index (χ0n) is 31.4. The van der Waals surface area contributed by atoms with E-state index in [9.17, 15) is 24.3 Å². The minimum atomic E-state index is -1.17. The van der Waals surface area contributed by atoms with Crippen molar-refractivity contribution in [2.24, 2.45) is 56.2 Å². The highest BCUT2D eigenvalue weighted by atomic mass is 16.5. The Morgan fingerprint density at radius 3 is 2.35 bits per heavy atom. The summed E-state index contributed by atoms with van der Waals surface area (Å²) in [5.74, 6) is 0.235. The Bertz CT molecular complexity index is 1600. The largest absolute Gasteiger partial charge is 0.481 e. The summed E-state index contributed by atoms with van der Waals surface area (Å²) in [7, 11) is 0. The molecule has 270 valence electrons. The maximum Gasteiger partial charge on any atom is 0.309 e. The minimum Gasteiger partial charge on any atom is -0.481 e. The number of carboxylic acids is 1. The lowest BCUT2D eigenvalue weighted by Gasteiger charge is -2.70. The van der Waals surface area contributed by atoms with E-state index in [2.05, 4.69) is 58.9 Å². The van der Waals surface area contributed by atoms with Crippen molar-refractivity contribution in [1.82, 2.24) is 5.16 Å². The van der Waals surface area contributed by atoms with Gasteiger partial charge in [0.05, 0.1) is 17.3 Å². The normalized spacial score (nSPS) is 38.3. The van der Waals surface area contributed by atoms with Crippen LogP contribution < -0.4 is 5.32 Å². The fraction of sp³-hybridized carbons (Fsp3) is 0.775. The first kappa shape index (κ1) is 35.8. The summed E-state index contributed by atoms with van der Waals surface area (Å²) in [4.78, 5) is 53.0. The van der Waals surface area contributed by atoms with Crippen molar-refractivity contribution >= 4 is 29.4 Å². The molecule has 1 heterocycles. The quantitative estimate of drug-likeness (QED) is 0.217. The van der Waals surface area contributed by atoms with Gasteiger partial charge in [-0.25, -0.2) is 0 Å². The molecule has 0 bridgehead atoms. The Labute approximate surface area is 291 Å². The number of hydrogen-bond acceptors (Lipinski definition) is 7. The van der Waals surface area contributed by atoms with Crippen molar-refractivity contribution < 1.29 is 33.5 Å². The number of anilines is 1. The first-order valence-electron chi connectivity index (χ1n) is 18.6. The maximum absolute atomic E-state index is 14.3.